The minimum atomic E-state index is -0.498. The summed E-state index contributed by atoms with van der Waals surface area (Å²) in [6.45, 7) is 1.79. The maximum Gasteiger partial charge on any atom is 0.356 e. The Hall–Kier alpha value is -2.36. The summed E-state index contributed by atoms with van der Waals surface area (Å²) in [5.74, 6) is 8.53. The normalized spacial score (nSPS) is 10.1. The number of aryl methyl sites for hydroxylation is 1. The van der Waals surface area contributed by atoms with Gasteiger partial charge in [-0.15, -0.1) is 6.42 Å². The van der Waals surface area contributed by atoms with Gasteiger partial charge in [0.2, 0.25) is 5.95 Å². The first-order valence-corrected chi connectivity index (χ1v) is 6.10. The fourth-order valence-corrected chi connectivity index (χ4v) is 1.89. The van der Waals surface area contributed by atoms with E-state index < -0.39 is 5.69 Å². The SMILES string of the molecule is C#CCN(N)c1nc(C)n(-c2cccc(Cl)c2)c(=O)n1. The summed E-state index contributed by atoms with van der Waals surface area (Å²) in [6.07, 6.45) is 5.16. The Labute approximate surface area is 120 Å². The van der Waals surface area contributed by atoms with Crippen LogP contribution in [0.2, 0.25) is 5.02 Å². The van der Waals surface area contributed by atoms with Crippen LogP contribution in [0.4, 0.5) is 5.95 Å². The number of hydrogen-bond acceptors (Lipinski definition) is 5. The molecule has 0 saturated carbocycles. The summed E-state index contributed by atoms with van der Waals surface area (Å²) >= 11 is 5.92. The summed E-state index contributed by atoms with van der Waals surface area (Å²) in [4.78, 5) is 20.1. The highest BCUT2D eigenvalue weighted by molar-refractivity contribution is 6.30. The number of hydrazine groups is 1. The third kappa shape index (κ3) is 2.79. The number of terminal acetylenes is 1. The van der Waals surface area contributed by atoms with Gasteiger partial charge in [-0.2, -0.15) is 9.97 Å². The van der Waals surface area contributed by atoms with Crippen LogP contribution in [0.1, 0.15) is 5.82 Å². The molecule has 0 unspecified atom stereocenters. The van der Waals surface area contributed by atoms with Gasteiger partial charge in [-0.25, -0.2) is 15.2 Å². The molecular formula is C13H12ClN5O. The van der Waals surface area contributed by atoms with Crippen molar-refractivity contribution >= 4 is 17.5 Å². The molecule has 0 aliphatic carbocycles. The lowest BCUT2D eigenvalue weighted by Gasteiger charge is -2.15. The first-order valence-electron chi connectivity index (χ1n) is 5.72. The van der Waals surface area contributed by atoms with E-state index in [-0.39, 0.29) is 12.5 Å². The predicted octanol–water partition coefficient (Wildman–Crippen LogP) is 0.903. The number of aromatic nitrogens is 3. The highest BCUT2D eigenvalue weighted by atomic mass is 35.5. The van der Waals surface area contributed by atoms with E-state index >= 15 is 0 Å². The molecule has 0 radical (unpaired) electrons. The molecule has 0 bridgehead atoms. The summed E-state index contributed by atoms with van der Waals surface area (Å²) in [7, 11) is 0. The Kier molecular flexibility index (Phi) is 4.03. The Balaban J connectivity index is 2.53. The van der Waals surface area contributed by atoms with Gasteiger partial charge < -0.3 is 0 Å². The van der Waals surface area contributed by atoms with Gasteiger partial charge in [0.05, 0.1) is 12.2 Å². The van der Waals surface area contributed by atoms with Gasteiger partial charge in [-0.1, -0.05) is 23.6 Å². The lowest BCUT2D eigenvalue weighted by molar-refractivity contribution is 0.771. The zero-order valence-corrected chi connectivity index (χ0v) is 11.5. The van der Waals surface area contributed by atoms with Crippen LogP contribution in [0.3, 0.4) is 0 Å². The van der Waals surface area contributed by atoms with E-state index in [0.717, 1.165) is 5.01 Å². The van der Waals surface area contributed by atoms with Gasteiger partial charge in [-0.05, 0) is 25.1 Å². The second-order valence-electron chi connectivity index (χ2n) is 4.00. The highest BCUT2D eigenvalue weighted by Gasteiger charge is 2.11. The average Bonchev–Trinajstić information content (AvgIpc) is 2.38. The van der Waals surface area contributed by atoms with Crippen LogP contribution in [0.15, 0.2) is 29.1 Å². The molecule has 2 aromatic rings. The van der Waals surface area contributed by atoms with Crippen molar-refractivity contribution in [3.05, 3.63) is 45.6 Å². The topological polar surface area (TPSA) is 77.0 Å². The molecule has 1 aromatic carbocycles. The van der Waals surface area contributed by atoms with Crippen molar-refractivity contribution in [3.8, 4) is 18.0 Å². The monoisotopic (exact) mass is 289 g/mol. The molecule has 1 heterocycles. The van der Waals surface area contributed by atoms with Crippen molar-refractivity contribution in [1.29, 1.82) is 0 Å². The minimum absolute atomic E-state index is 0.0868. The smallest absolute Gasteiger partial charge is 0.266 e. The van der Waals surface area contributed by atoms with Gasteiger partial charge in [0, 0.05) is 5.02 Å². The molecule has 0 spiro atoms. The standard InChI is InChI=1S/C13H12ClN5O/c1-3-7-18(15)12-16-9(2)19(13(20)17-12)11-6-4-5-10(14)8-11/h1,4-6,8H,7,15H2,2H3. The molecule has 6 nitrogen and oxygen atoms in total. The molecule has 2 N–H and O–H groups in total. The third-order valence-electron chi connectivity index (χ3n) is 2.56. The lowest BCUT2D eigenvalue weighted by atomic mass is 10.3. The van der Waals surface area contributed by atoms with E-state index in [9.17, 15) is 4.79 Å². The van der Waals surface area contributed by atoms with Crippen LogP contribution in [-0.2, 0) is 0 Å². The third-order valence-corrected chi connectivity index (χ3v) is 2.79. The van der Waals surface area contributed by atoms with Crippen LogP contribution in [0, 0.1) is 19.3 Å². The molecule has 2 rings (SSSR count). The number of rotatable bonds is 3. The molecular weight excluding hydrogens is 278 g/mol. The molecule has 7 heteroatoms. The molecule has 0 saturated heterocycles. The molecule has 0 atom stereocenters. The Morgan fingerprint density at radius 1 is 1.50 bits per heavy atom. The van der Waals surface area contributed by atoms with Gasteiger partial charge in [0.25, 0.3) is 0 Å². The lowest BCUT2D eigenvalue weighted by Crippen LogP contribution is -2.36. The molecule has 20 heavy (non-hydrogen) atoms. The van der Waals surface area contributed by atoms with Crippen molar-refractivity contribution < 1.29 is 0 Å². The molecule has 1 aromatic heterocycles. The number of hydrogen-bond donors (Lipinski definition) is 1. The summed E-state index contributed by atoms with van der Waals surface area (Å²) < 4.78 is 1.35. The average molecular weight is 290 g/mol. The largest absolute Gasteiger partial charge is 0.356 e. The van der Waals surface area contributed by atoms with Crippen molar-refractivity contribution in [3.63, 3.8) is 0 Å². The van der Waals surface area contributed by atoms with Gasteiger partial charge >= 0.3 is 5.69 Å². The van der Waals surface area contributed by atoms with Gasteiger partial charge in [-0.3, -0.25) is 5.01 Å². The van der Waals surface area contributed by atoms with Gasteiger partial charge in [0.1, 0.15) is 5.82 Å². The van der Waals surface area contributed by atoms with Crippen LogP contribution >= 0.6 is 11.6 Å². The fraction of sp³-hybridized carbons (Fsp3) is 0.154. The van der Waals surface area contributed by atoms with E-state index in [1.165, 1.54) is 4.57 Å². The molecule has 0 aliphatic rings. The number of benzene rings is 1. The molecule has 0 amide bonds. The second-order valence-corrected chi connectivity index (χ2v) is 4.44. The van der Waals surface area contributed by atoms with Crippen LogP contribution in [0.5, 0.6) is 0 Å². The molecule has 0 fully saturated rings. The van der Waals surface area contributed by atoms with Crippen molar-refractivity contribution in [1.82, 2.24) is 14.5 Å². The molecule has 102 valence electrons. The van der Waals surface area contributed by atoms with Crippen LogP contribution < -0.4 is 16.5 Å². The van der Waals surface area contributed by atoms with Crippen molar-refractivity contribution in [2.45, 2.75) is 6.92 Å². The Morgan fingerprint density at radius 3 is 2.85 bits per heavy atom. The first kappa shape index (κ1) is 14.1. The van der Waals surface area contributed by atoms with E-state index in [1.807, 2.05) is 0 Å². The van der Waals surface area contributed by atoms with Crippen LogP contribution in [0.25, 0.3) is 5.69 Å². The van der Waals surface area contributed by atoms with E-state index in [1.54, 1.807) is 31.2 Å². The number of halogens is 1. The van der Waals surface area contributed by atoms with E-state index in [2.05, 4.69) is 15.9 Å². The Morgan fingerprint density at radius 2 is 2.25 bits per heavy atom. The van der Waals surface area contributed by atoms with E-state index in [4.69, 9.17) is 23.9 Å². The Bertz CT molecular complexity index is 734. The van der Waals surface area contributed by atoms with Crippen molar-refractivity contribution in [2.75, 3.05) is 11.6 Å². The number of nitrogens with zero attached hydrogens (tertiary/aromatic N) is 4. The summed E-state index contributed by atoms with van der Waals surface area (Å²) in [6, 6.07) is 6.85. The van der Waals surface area contributed by atoms with Crippen molar-refractivity contribution in [2.24, 2.45) is 5.84 Å². The summed E-state index contributed by atoms with van der Waals surface area (Å²) in [5, 5.41) is 1.65. The second kappa shape index (κ2) is 5.74. The minimum Gasteiger partial charge on any atom is -0.266 e. The quantitative estimate of drug-likeness (QED) is 0.516. The van der Waals surface area contributed by atoms with E-state index in [0.29, 0.717) is 16.5 Å². The zero-order valence-electron chi connectivity index (χ0n) is 10.7. The fourth-order valence-electron chi connectivity index (χ4n) is 1.70. The maximum atomic E-state index is 12.1. The van der Waals surface area contributed by atoms with Crippen LogP contribution in [-0.4, -0.2) is 21.1 Å². The molecule has 0 aliphatic heterocycles. The summed E-state index contributed by atoms with van der Waals surface area (Å²) in [5.41, 5.74) is 0.0920. The highest BCUT2D eigenvalue weighted by Crippen LogP contribution is 2.14. The van der Waals surface area contributed by atoms with Gasteiger partial charge in [0.15, 0.2) is 0 Å². The number of anilines is 1. The number of nitrogens with two attached hydrogens (primary N) is 1. The predicted molar refractivity (Wildman–Crippen MR) is 77.7 cm³/mol. The maximum absolute atomic E-state index is 12.1. The first-order chi connectivity index (χ1) is 9.52. The zero-order chi connectivity index (χ0) is 14.7.